The van der Waals surface area contributed by atoms with E-state index < -0.39 is 10.0 Å². The second-order valence-electron chi connectivity index (χ2n) is 7.42. The molecule has 8 heteroatoms. The molecule has 4 rings (SSSR count). The molecule has 2 atom stereocenters. The highest BCUT2D eigenvalue weighted by molar-refractivity contribution is 7.89. The first-order valence-corrected chi connectivity index (χ1v) is 10.6. The van der Waals surface area contributed by atoms with Crippen LogP contribution >= 0.6 is 0 Å². The molecule has 1 N–H and O–H groups in total. The number of nitrogens with one attached hydrogen (secondary N) is 1. The Bertz CT molecular complexity index is 936. The van der Waals surface area contributed by atoms with Crippen LogP contribution in [0.3, 0.4) is 0 Å². The maximum Gasteiger partial charge on any atom is 0.241 e. The Kier molecular flexibility index (Phi) is 4.27. The molecule has 1 aromatic heterocycles. The molecule has 3 heterocycles. The molecule has 2 aliphatic heterocycles. The maximum absolute atomic E-state index is 12.9. The minimum absolute atomic E-state index is 0.0854. The fourth-order valence-electron chi connectivity index (χ4n) is 3.55. The molecule has 0 saturated heterocycles. The van der Waals surface area contributed by atoms with Crippen LogP contribution in [0.4, 0.5) is 0 Å². The first-order valence-electron chi connectivity index (χ1n) is 9.10. The lowest BCUT2D eigenvalue weighted by Crippen LogP contribution is -2.33. The van der Waals surface area contributed by atoms with Crippen LogP contribution in [0.2, 0.25) is 0 Å². The highest BCUT2D eigenvalue weighted by atomic mass is 32.2. The summed E-state index contributed by atoms with van der Waals surface area (Å²) in [7, 11) is -3.64. The van der Waals surface area contributed by atoms with Crippen molar-refractivity contribution in [2.75, 3.05) is 0 Å². The molecule has 0 amide bonds. The van der Waals surface area contributed by atoms with E-state index in [9.17, 15) is 8.42 Å². The summed E-state index contributed by atoms with van der Waals surface area (Å²) in [5.41, 5.74) is 0.939. The largest absolute Gasteiger partial charge is 0.490 e. The van der Waals surface area contributed by atoms with Crippen molar-refractivity contribution < 1.29 is 13.2 Å². The Morgan fingerprint density at radius 2 is 2.15 bits per heavy atom. The van der Waals surface area contributed by atoms with Crippen LogP contribution in [-0.4, -0.2) is 29.3 Å². The van der Waals surface area contributed by atoms with Crippen LogP contribution in [0.1, 0.15) is 62.8 Å². The molecule has 2 aromatic rings. The van der Waals surface area contributed by atoms with E-state index in [1.54, 1.807) is 18.2 Å². The van der Waals surface area contributed by atoms with Gasteiger partial charge in [-0.15, -0.1) is 0 Å². The van der Waals surface area contributed by atoms with Crippen LogP contribution in [0.15, 0.2) is 23.1 Å². The Balaban J connectivity index is 1.61. The van der Waals surface area contributed by atoms with Gasteiger partial charge in [0.2, 0.25) is 10.0 Å². The lowest BCUT2D eigenvalue weighted by molar-refractivity contribution is 0.254. The molecule has 0 spiro atoms. The molecule has 0 bridgehead atoms. The summed E-state index contributed by atoms with van der Waals surface area (Å²) >= 11 is 0. The first kappa shape index (κ1) is 17.5. The minimum Gasteiger partial charge on any atom is -0.490 e. The van der Waals surface area contributed by atoms with E-state index in [2.05, 4.69) is 14.8 Å². The number of aromatic nitrogens is 3. The van der Waals surface area contributed by atoms with Crippen molar-refractivity contribution in [3.8, 4) is 5.75 Å². The van der Waals surface area contributed by atoms with Crippen molar-refractivity contribution in [3.63, 3.8) is 0 Å². The summed E-state index contributed by atoms with van der Waals surface area (Å²) < 4.78 is 36.2. The van der Waals surface area contributed by atoms with Gasteiger partial charge in [0.1, 0.15) is 17.7 Å². The van der Waals surface area contributed by atoms with E-state index in [4.69, 9.17) is 4.74 Å². The first-order chi connectivity index (χ1) is 12.3. The van der Waals surface area contributed by atoms with Crippen molar-refractivity contribution in [2.24, 2.45) is 0 Å². The van der Waals surface area contributed by atoms with Gasteiger partial charge >= 0.3 is 0 Å². The molecule has 0 radical (unpaired) electrons. The molecule has 0 aliphatic carbocycles. The second-order valence-corrected chi connectivity index (χ2v) is 9.14. The molecule has 1 aromatic carbocycles. The van der Waals surface area contributed by atoms with Gasteiger partial charge in [-0.05, 0) is 43.5 Å². The highest BCUT2D eigenvalue weighted by Crippen LogP contribution is 2.32. The summed E-state index contributed by atoms with van der Waals surface area (Å²) in [6.45, 7) is 6.83. The summed E-state index contributed by atoms with van der Waals surface area (Å²) in [5.74, 6) is 2.45. The van der Waals surface area contributed by atoms with Crippen molar-refractivity contribution in [3.05, 3.63) is 35.4 Å². The molecule has 140 valence electrons. The van der Waals surface area contributed by atoms with E-state index in [0.29, 0.717) is 5.82 Å². The molecular weight excluding hydrogens is 352 g/mol. The number of rotatable bonds is 4. The highest BCUT2D eigenvalue weighted by Gasteiger charge is 2.30. The van der Waals surface area contributed by atoms with E-state index in [1.807, 2.05) is 25.5 Å². The zero-order valence-corrected chi connectivity index (χ0v) is 16.1. The van der Waals surface area contributed by atoms with Crippen LogP contribution in [0.5, 0.6) is 5.75 Å². The van der Waals surface area contributed by atoms with Gasteiger partial charge in [0.15, 0.2) is 5.82 Å². The van der Waals surface area contributed by atoms with Gasteiger partial charge in [0.25, 0.3) is 0 Å². The number of hydrogen-bond donors (Lipinski definition) is 1. The molecule has 2 unspecified atom stereocenters. The van der Waals surface area contributed by atoms with Crippen molar-refractivity contribution >= 4 is 10.0 Å². The average Bonchev–Trinajstić information content (AvgIpc) is 3.16. The zero-order chi connectivity index (χ0) is 18.5. The van der Waals surface area contributed by atoms with E-state index in [1.165, 1.54) is 0 Å². The second kappa shape index (κ2) is 6.35. The van der Waals surface area contributed by atoms with Crippen LogP contribution in [0, 0.1) is 0 Å². The van der Waals surface area contributed by atoms with E-state index in [-0.39, 0.29) is 23.0 Å². The van der Waals surface area contributed by atoms with Crippen LogP contribution in [0.25, 0.3) is 0 Å². The molecule has 0 fully saturated rings. The lowest BCUT2D eigenvalue weighted by Gasteiger charge is -2.23. The number of fused-ring (bicyclic) bond motifs is 2. The Morgan fingerprint density at radius 1 is 1.35 bits per heavy atom. The summed E-state index contributed by atoms with van der Waals surface area (Å²) in [5, 5.41) is 4.51. The van der Waals surface area contributed by atoms with Crippen LogP contribution < -0.4 is 9.46 Å². The maximum atomic E-state index is 12.9. The molecular formula is C18H24N4O3S. The number of benzene rings is 1. The van der Waals surface area contributed by atoms with Crippen LogP contribution in [-0.2, 0) is 23.0 Å². The number of hydrogen-bond acceptors (Lipinski definition) is 5. The Hall–Kier alpha value is -1.93. The fraction of sp³-hybridized carbons (Fsp3) is 0.556. The predicted molar refractivity (Wildman–Crippen MR) is 96.6 cm³/mol. The van der Waals surface area contributed by atoms with Gasteiger partial charge in [0, 0.05) is 18.9 Å². The Morgan fingerprint density at radius 3 is 2.92 bits per heavy atom. The summed E-state index contributed by atoms with van der Waals surface area (Å²) in [6, 6.07) is 4.71. The standard InChI is InChI=1S/C18H24N4O3S/c1-11(2)17-19-18-15(5-4-8-22(18)20-17)21-26(23,24)14-6-7-16-13(10-14)9-12(3)25-16/h6-7,10-12,15,21H,4-5,8-9H2,1-3H3. The van der Waals surface area contributed by atoms with Crippen molar-refractivity contribution in [1.29, 1.82) is 0 Å². The number of aryl methyl sites for hydroxylation is 1. The molecule has 26 heavy (non-hydrogen) atoms. The van der Waals surface area contributed by atoms with E-state index in [0.717, 1.165) is 42.9 Å². The average molecular weight is 376 g/mol. The van der Waals surface area contributed by atoms with Crippen molar-refractivity contribution in [2.45, 2.75) is 69.5 Å². The molecule has 2 aliphatic rings. The van der Waals surface area contributed by atoms with E-state index >= 15 is 0 Å². The normalized spacial score (nSPS) is 22.2. The van der Waals surface area contributed by atoms with Crippen molar-refractivity contribution in [1.82, 2.24) is 19.5 Å². The third-order valence-electron chi connectivity index (χ3n) is 4.88. The van der Waals surface area contributed by atoms with Gasteiger partial charge in [-0.3, -0.25) is 0 Å². The third kappa shape index (κ3) is 3.12. The van der Waals surface area contributed by atoms with Gasteiger partial charge in [-0.2, -0.15) is 5.10 Å². The van der Waals surface area contributed by atoms with Gasteiger partial charge in [-0.25, -0.2) is 22.8 Å². The number of nitrogens with zero attached hydrogens (tertiary/aromatic N) is 3. The molecule has 7 nitrogen and oxygen atoms in total. The number of sulfonamides is 1. The molecule has 0 saturated carbocycles. The summed E-state index contributed by atoms with van der Waals surface area (Å²) in [6.07, 6.45) is 2.41. The number of ether oxygens (including phenoxy) is 1. The van der Waals surface area contributed by atoms with Gasteiger partial charge < -0.3 is 4.74 Å². The minimum atomic E-state index is -3.64. The predicted octanol–water partition coefficient (Wildman–Crippen LogP) is 2.54. The SMILES string of the molecule is CC1Cc2cc(S(=O)(=O)NC3CCCn4nc(C(C)C)nc43)ccc2O1. The Labute approximate surface area is 153 Å². The zero-order valence-electron chi connectivity index (χ0n) is 15.3. The smallest absolute Gasteiger partial charge is 0.241 e. The quantitative estimate of drug-likeness (QED) is 0.886. The lowest BCUT2D eigenvalue weighted by atomic mass is 10.1. The summed E-state index contributed by atoms with van der Waals surface area (Å²) in [4.78, 5) is 4.86. The monoisotopic (exact) mass is 376 g/mol. The van der Waals surface area contributed by atoms with Gasteiger partial charge in [-0.1, -0.05) is 13.8 Å². The topological polar surface area (TPSA) is 86.1 Å². The fourth-order valence-corrected chi connectivity index (χ4v) is 4.82. The third-order valence-corrected chi connectivity index (χ3v) is 6.35. The van der Waals surface area contributed by atoms with Gasteiger partial charge in [0.05, 0.1) is 10.9 Å².